The molecule has 0 unspecified atom stereocenters. The predicted molar refractivity (Wildman–Crippen MR) is 75.0 cm³/mol. The van der Waals surface area contributed by atoms with Gasteiger partial charge in [-0.2, -0.15) is 4.31 Å². The molecular weight excluding hydrogens is 280 g/mol. The summed E-state index contributed by atoms with van der Waals surface area (Å²) in [7, 11) is -3.67. The molecule has 0 spiro atoms. The standard InChI is InChI=1S/C13H18N2O4S/c1-10-6-7-12(15(16)17)9-13(10)20(18,19)14-8-4-3-5-11(14)2/h6-7,9,11H,3-5,8H2,1-2H3/t11-/m0/s1. The Morgan fingerprint density at radius 2 is 2.05 bits per heavy atom. The van der Waals surface area contributed by atoms with Gasteiger partial charge in [0.05, 0.1) is 9.82 Å². The highest BCUT2D eigenvalue weighted by atomic mass is 32.2. The molecule has 1 atom stereocenters. The summed E-state index contributed by atoms with van der Waals surface area (Å²) >= 11 is 0. The van der Waals surface area contributed by atoms with Gasteiger partial charge in [0.1, 0.15) is 0 Å². The molecule has 1 saturated heterocycles. The third kappa shape index (κ3) is 2.69. The Hall–Kier alpha value is -1.47. The maximum atomic E-state index is 12.7. The van der Waals surface area contributed by atoms with Crippen molar-refractivity contribution >= 4 is 15.7 Å². The van der Waals surface area contributed by atoms with Gasteiger partial charge < -0.3 is 0 Å². The van der Waals surface area contributed by atoms with Crippen molar-refractivity contribution in [3.05, 3.63) is 33.9 Å². The number of nitro benzene ring substituents is 1. The Kier molecular flexibility index (Phi) is 4.10. The van der Waals surface area contributed by atoms with Gasteiger partial charge in [0.2, 0.25) is 10.0 Å². The molecule has 0 aromatic heterocycles. The topological polar surface area (TPSA) is 80.5 Å². The van der Waals surface area contributed by atoms with Crippen LogP contribution in [0.4, 0.5) is 5.69 Å². The van der Waals surface area contributed by atoms with Crippen LogP contribution in [0.3, 0.4) is 0 Å². The molecule has 1 aliphatic rings. The molecule has 0 bridgehead atoms. The number of non-ortho nitro benzene ring substituents is 1. The Balaban J connectivity index is 2.48. The van der Waals surface area contributed by atoms with Gasteiger partial charge in [0, 0.05) is 24.7 Å². The zero-order valence-corrected chi connectivity index (χ0v) is 12.4. The Labute approximate surface area is 118 Å². The molecule has 0 radical (unpaired) electrons. The lowest BCUT2D eigenvalue weighted by Gasteiger charge is -2.32. The lowest BCUT2D eigenvalue weighted by atomic mass is 10.1. The number of hydrogen-bond acceptors (Lipinski definition) is 4. The fourth-order valence-electron chi connectivity index (χ4n) is 2.54. The molecule has 0 saturated carbocycles. The highest BCUT2D eigenvalue weighted by Crippen LogP contribution is 2.29. The summed E-state index contributed by atoms with van der Waals surface area (Å²) in [6, 6.07) is 3.91. The Bertz CT molecular complexity index is 627. The van der Waals surface area contributed by atoms with E-state index in [1.54, 1.807) is 6.92 Å². The van der Waals surface area contributed by atoms with Gasteiger partial charge in [0.15, 0.2) is 0 Å². The first kappa shape index (κ1) is 14.9. The highest BCUT2D eigenvalue weighted by molar-refractivity contribution is 7.89. The molecule has 0 amide bonds. The van der Waals surface area contributed by atoms with Gasteiger partial charge in [-0.25, -0.2) is 8.42 Å². The molecule has 0 aliphatic carbocycles. The second-order valence-corrected chi connectivity index (χ2v) is 7.03. The van der Waals surface area contributed by atoms with Gasteiger partial charge in [-0.15, -0.1) is 0 Å². The van der Waals surface area contributed by atoms with Crippen LogP contribution < -0.4 is 0 Å². The molecule has 6 nitrogen and oxygen atoms in total. The molecule has 1 aliphatic heterocycles. The summed E-state index contributed by atoms with van der Waals surface area (Å²) in [5.41, 5.74) is 0.340. The van der Waals surface area contributed by atoms with Crippen LogP contribution in [-0.4, -0.2) is 30.2 Å². The molecule has 2 rings (SSSR count). The second kappa shape index (κ2) is 5.49. The smallest absolute Gasteiger partial charge is 0.258 e. The van der Waals surface area contributed by atoms with E-state index < -0.39 is 14.9 Å². The summed E-state index contributed by atoms with van der Waals surface area (Å²) in [6.07, 6.45) is 2.67. The quantitative estimate of drug-likeness (QED) is 0.634. The summed E-state index contributed by atoms with van der Waals surface area (Å²) in [5.74, 6) is 0. The largest absolute Gasteiger partial charge is 0.270 e. The van der Waals surface area contributed by atoms with Crippen LogP contribution in [0.1, 0.15) is 31.7 Å². The third-order valence-electron chi connectivity index (χ3n) is 3.71. The van der Waals surface area contributed by atoms with E-state index in [9.17, 15) is 18.5 Å². The molecular formula is C13H18N2O4S. The number of benzene rings is 1. The average Bonchev–Trinajstić information content (AvgIpc) is 2.39. The van der Waals surface area contributed by atoms with Crippen molar-refractivity contribution in [3.63, 3.8) is 0 Å². The van der Waals surface area contributed by atoms with Crippen LogP contribution in [0.25, 0.3) is 0 Å². The van der Waals surface area contributed by atoms with Gasteiger partial charge in [-0.05, 0) is 32.3 Å². The van der Waals surface area contributed by atoms with E-state index in [-0.39, 0.29) is 16.6 Å². The minimum atomic E-state index is -3.67. The molecule has 1 aromatic carbocycles. The lowest BCUT2D eigenvalue weighted by Crippen LogP contribution is -2.42. The minimum Gasteiger partial charge on any atom is -0.258 e. The Morgan fingerprint density at radius 1 is 1.35 bits per heavy atom. The molecule has 110 valence electrons. The minimum absolute atomic E-state index is 0.0421. The van der Waals surface area contributed by atoms with Crippen molar-refractivity contribution in [2.45, 2.75) is 44.0 Å². The summed E-state index contributed by atoms with van der Waals surface area (Å²) < 4.78 is 26.9. The van der Waals surface area contributed by atoms with Gasteiger partial charge in [0.25, 0.3) is 5.69 Å². The van der Waals surface area contributed by atoms with Gasteiger partial charge in [-0.3, -0.25) is 10.1 Å². The number of rotatable bonds is 3. The van der Waals surface area contributed by atoms with Crippen molar-refractivity contribution in [1.29, 1.82) is 0 Å². The van der Waals surface area contributed by atoms with Crippen LogP contribution in [0, 0.1) is 17.0 Å². The van der Waals surface area contributed by atoms with Crippen molar-refractivity contribution in [3.8, 4) is 0 Å². The van der Waals surface area contributed by atoms with Crippen molar-refractivity contribution in [2.75, 3.05) is 6.54 Å². The fourth-order valence-corrected chi connectivity index (χ4v) is 4.48. The third-order valence-corrected chi connectivity index (χ3v) is 5.87. The van der Waals surface area contributed by atoms with E-state index in [1.807, 2.05) is 6.92 Å². The number of piperidine rings is 1. The van der Waals surface area contributed by atoms with Crippen molar-refractivity contribution in [2.24, 2.45) is 0 Å². The predicted octanol–water partition coefficient (Wildman–Crippen LogP) is 2.47. The Morgan fingerprint density at radius 3 is 2.65 bits per heavy atom. The fraction of sp³-hybridized carbons (Fsp3) is 0.538. The van der Waals surface area contributed by atoms with E-state index in [0.29, 0.717) is 12.1 Å². The zero-order valence-electron chi connectivity index (χ0n) is 11.6. The SMILES string of the molecule is Cc1ccc([N+](=O)[O-])cc1S(=O)(=O)N1CCCC[C@@H]1C. The zero-order chi connectivity index (χ0) is 14.9. The summed E-state index contributed by atoms with van der Waals surface area (Å²) in [5, 5.41) is 10.8. The van der Waals surface area contributed by atoms with E-state index in [2.05, 4.69) is 0 Å². The van der Waals surface area contributed by atoms with Crippen LogP contribution in [0.15, 0.2) is 23.1 Å². The normalized spacial score (nSPS) is 20.8. The second-order valence-electron chi connectivity index (χ2n) is 5.17. The van der Waals surface area contributed by atoms with Crippen LogP contribution in [0.2, 0.25) is 0 Å². The summed E-state index contributed by atoms with van der Waals surface area (Å²) in [6.45, 7) is 4.01. The van der Waals surface area contributed by atoms with Crippen LogP contribution in [0.5, 0.6) is 0 Å². The number of nitro groups is 1. The molecule has 1 fully saturated rings. The van der Waals surface area contributed by atoms with Gasteiger partial charge in [-0.1, -0.05) is 12.5 Å². The van der Waals surface area contributed by atoms with E-state index in [4.69, 9.17) is 0 Å². The monoisotopic (exact) mass is 298 g/mol. The number of nitrogens with zero attached hydrogens (tertiary/aromatic N) is 2. The number of hydrogen-bond donors (Lipinski definition) is 0. The molecule has 1 heterocycles. The van der Waals surface area contributed by atoms with Crippen LogP contribution >= 0.6 is 0 Å². The van der Waals surface area contributed by atoms with E-state index in [0.717, 1.165) is 25.3 Å². The van der Waals surface area contributed by atoms with E-state index in [1.165, 1.54) is 16.4 Å². The number of aryl methyl sites for hydroxylation is 1. The highest BCUT2D eigenvalue weighted by Gasteiger charge is 2.32. The molecule has 1 aromatic rings. The maximum absolute atomic E-state index is 12.7. The lowest BCUT2D eigenvalue weighted by molar-refractivity contribution is -0.385. The van der Waals surface area contributed by atoms with Crippen molar-refractivity contribution in [1.82, 2.24) is 4.31 Å². The molecule has 0 N–H and O–H groups in total. The summed E-state index contributed by atoms with van der Waals surface area (Å²) in [4.78, 5) is 10.3. The maximum Gasteiger partial charge on any atom is 0.270 e. The molecule has 7 heteroatoms. The molecule has 20 heavy (non-hydrogen) atoms. The first-order valence-electron chi connectivity index (χ1n) is 6.61. The van der Waals surface area contributed by atoms with Gasteiger partial charge >= 0.3 is 0 Å². The first-order valence-corrected chi connectivity index (χ1v) is 8.05. The first-order chi connectivity index (χ1) is 9.34. The van der Waals surface area contributed by atoms with Crippen LogP contribution in [-0.2, 0) is 10.0 Å². The number of sulfonamides is 1. The van der Waals surface area contributed by atoms with E-state index >= 15 is 0 Å². The average molecular weight is 298 g/mol. The van der Waals surface area contributed by atoms with Crippen molar-refractivity contribution < 1.29 is 13.3 Å².